The van der Waals surface area contributed by atoms with Crippen LogP contribution in [0.2, 0.25) is 0 Å². The molecule has 1 amide bonds. The predicted octanol–water partition coefficient (Wildman–Crippen LogP) is 2.69. The van der Waals surface area contributed by atoms with Crippen molar-refractivity contribution in [3.8, 4) is 0 Å². The van der Waals surface area contributed by atoms with Gasteiger partial charge in [-0.15, -0.1) is 0 Å². The number of hydrogen-bond donors (Lipinski definition) is 2. The van der Waals surface area contributed by atoms with Crippen molar-refractivity contribution in [2.24, 2.45) is 0 Å². The fourth-order valence-electron chi connectivity index (χ4n) is 2.49. The van der Waals surface area contributed by atoms with Crippen LogP contribution >= 0.6 is 0 Å². The Morgan fingerprint density at radius 1 is 1.38 bits per heavy atom. The van der Waals surface area contributed by atoms with E-state index in [0.29, 0.717) is 17.8 Å². The zero-order chi connectivity index (χ0) is 17.7. The maximum absolute atomic E-state index is 14.0. The first-order valence-corrected chi connectivity index (χ1v) is 7.73. The van der Waals surface area contributed by atoms with Gasteiger partial charge >= 0.3 is 5.97 Å². The van der Waals surface area contributed by atoms with Crippen LogP contribution in [0, 0.1) is 12.7 Å². The van der Waals surface area contributed by atoms with Crippen molar-refractivity contribution in [2.75, 3.05) is 0 Å². The van der Waals surface area contributed by atoms with Crippen molar-refractivity contribution in [3.63, 3.8) is 0 Å². The zero-order valence-electron chi connectivity index (χ0n) is 13.6. The Bertz CT molecular complexity index is 742. The highest BCUT2D eigenvalue weighted by atomic mass is 19.1. The van der Waals surface area contributed by atoms with Gasteiger partial charge in [-0.2, -0.15) is 5.10 Å². The molecule has 0 bridgehead atoms. The Morgan fingerprint density at radius 2 is 2.08 bits per heavy atom. The van der Waals surface area contributed by atoms with Crippen LogP contribution in [0.25, 0.3) is 0 Å². The van der Waals surface area contributed by atoms with E-state index in [-0.39, 0.29) is 5.56 Å². The number of hydrogen-bond acceptors (Lipinski definition) is 3. The van der Waals surface area contributed by atoms with E-state index < -0.39 is 30.2 Å². The number of carbonyl (C=O) groups is 2. The van der Waals surface area contributed by atoms with Gasteiger partial charge in [-0.25, -0.2) is 4.39 Å². The Morgan fingerprint density at radius 3 is 2.71 bits per heavy atom. The SMILES string of the molecule is CCCn1cc(C(=O)N[C@@H](CC(=O)O)c2ccccc2F)c(C)n1. The Balaban J connectivity index is 2.24. The molecule has 0 aliphatic heterocycles. The summed E-state index contributed by atoms with van der Waals surface area (Å²) in [5.41, 5.74) is 1.05. The summed E-state index contributed by atoms with van der Waals surface area (Å²) in [4.78, 5) is 23.6. The monoisotopic (exact) mass is 333 g/mol. The second-order valence-corrected chi connectivity index (χ2v) is 5.54. The molecule has 0 radical (unpaired) electrons. The molecule has 0 aliphatic rings. The lowest BCUT2D eigenvalue weighted by molar-refractivity contribution is -0.137. The van der Waals surface area contributed by atoms with E-state index >= 15 is 0 Å². The van der Waals surface area contributed by atoms with Gasteiger partial charge in [-0.1, -0.05) is 25.1 Å². The van der Waals surface area contributed by atoms with E-state index in [1.54, 1.807) is 23.9 Å². The fourth-order valence-corrected chi connectivity index (χ4v) is 2.49. The van der Waals surface area contributed by atoms with E-state index in [2.05, 4.69) is 10.4 Å². The van der Waals surface area contributed by atoms with E-state index in [9.17, 15) is 14.0 Å². The van der Waals surface area contributed by atoms with Crippen LogP contribution in [0.5, 0.6) is 0 Å². The maximum atomic E-state index is 14.0. The minimum Gasteiger partial charge on any atom is -0.481 e. The Labute approximate surface area is 139 Å². The first-order valence-electron chi connectivity index (χ1n) is 7.73. The van der Waals surface area contributed by atoms with Gasteiger partial charge in [0.2, 0.25) is 0 Å². The third-order valence-electron chi connectivity index (χ3n) is 3.61. The molecule has 1 heterocycles. The molecule has 1 aromatic carbocycles. The van der Waals surface area contributed by atoms with Crippen LogP contribution in [0.3, 0.4) is 0 Å². The molecule has 1 atom stereocenters. The van der Waals surface area contributed by atoms with Crippen LogP contribution in [0.1, 0.15) is 47.4 Å². The molecular formula is C17H20FN3O3. The normalized spacial score (nSPS) is 12.0. The maximum Gasteiger partial charge on any atom is 0.305 e. The van der Waals surface area contributed by atoms with Gasteiger partial charge in [0, 0.05) is 18.3 Å². The van der Waals surface area contributed by atoms with E-state index in [1.165, 1.54) is 18.2 Å². The fraction of sp³-hybridized carbons (Fsp3) is 0.353. The van der Waals surface area contributed by atoms with Crippen molar-refractivity contribution in [2.45, 2.75) is 39.3 Å². The van der Waals surface area contributed by atoms with Crippen molar-refractivity contribution in [3.05, 3.63) is 53.1 Å². The van der Waals surface area contributed by atoms with Gasteiger partial charge in [-0.3, -0.25) is 14.3 Å². The Hall–Kier alpha value is -2.70. The van der Waals surface area contributed by atoms with Crippen LogP contribution in [0.15, 0.2) is 30.5 Å². The number of carboxylic acid groups (broad SMARTS) is 1. The van der Waals surface area contributed by atoms with Crippen molar-refractivity contribution in [1.82, 2.24) is 15.1 Å². The molecule has 0 saturated heterocycles. The van der Waals surface area contributed by atoms with Crippen molar-refractivity contribution < 1.29 is 19.1 Å². The topological polar surface area (TPSA) is 84.2 Å². The molecule has 2 N–H and O–H groups in total. The summed E-state index contributed by atoms with van der Waals surface area (Å²) < 4.78 is 15.6. The highest BCUT2D eigenvalue weighted by Crippen LogP contribution is 2.21. The summed E-state index contributed by atoms with van der Waals surface area (Å²) in [7, 11) is 0. The van der Waals surface area contributed by atoms with Gasteiger partial charge in [-0.05, 0) is 19.4 Å². The number of rotatable bonds is 7. The number of halogens is 1. The Kier molecular flexibility index (Phi) is 5.68. The molecule has 0 aliphatic carbocycles. The molecule has 6 nitrogen and oxygen atoms in total. The molecule has 128 valence electrons. The summed E-state index contributed by atoms with van der Waals surface area (Å²) in [6.45, 7) is 4.38. The third-order valence-corrected chi connectivity index (χ3v) is 3.61. The average Bonchev–Trinajstić information content (AvgIpc) is 2.88. The predicted molar refractivity (Wildman–Crippen MR) is 86.1 cm³/mol. The summed E-state index contributed by atoms with van der Waals surface area (Å²) in [6, 6.07) is 4.86. The highest BCUT2D eigenvalue weighted by Gasteiger charge is 2.23. The average molecular weight is 333 g/mol. The zero-order valence-corrected chi connectivity index (χ0v) is 13.6. The number of nitrogens with zero attached hydrogens (tertiary/aromatic N) is 2. The molecule has 24 heavy (non-hydrogen) atoms. The van der Waals surface area contributed by atoms with Crippen molar-refractivity contribution >= 4 is 11.9 Å². The van der Waals surface area contributed by atoms with Crippen LogP contribution in [-0.4, -0.2) is 26.8 Å². The number of carboxylic acids is 1. The number of aliphatic carboxylic acids is 1. The molecule has 0 spiro atoms. The molecular weight excluding hydrogens is 313 g/mol. The number of aryl methyl sites for hydroxylation is 2. The molecule has 2 rings (SSSR count). The second kappa shape index (κ2) is 7.72. The lowest BCUT2D eigenvalue weighted by atomic mass is 10.0. The smallest absolute Gasteiger partial charge is 0.305 e. The lowest BCUT2D eigenvalue weighted by Crippen LogP contribution is -2.31. The minimum absolute atomic E-state index is 0.145. The van der Waals surface area contributed by atoms with Gasteiger partial charge in [0.15, 0.2) is 0 Å². The van der Waals surface area contributed by atoms with Gasteiger partial charge < -0.3 is 10.4 Å². The second-order valence-electron chi connectivity index (χ2n) is 5.54. The molecule has 7 heteroatoms. The van der Waals surface area contributed by atoms with Gasteiger partial charge in [0.05, 0.1) is 23.7 Å². The molecule has 0 saturated carbocycles. The number of aromatic nitrogens is 2. The van der Waals surface area contributed by atoms with E-state index in [4.69, 9.17) is 5.11 Å². The molecule has 0 unspecified atom stereocenters. The first-order chi connectivity index (χ1) is 11.4. The third kappa shape index (κ3) is 4.18. The first kappa shape index (κ1) is 17.7. The number of benzene rings is 1. The summed E-state index contributed by atoms with van der Waals surface area (Å²) in [6.07, 6.45) is 2.08. The number of carbonyl (C=O) groups excluding carboxylic acids is 1. The van der Waals surface area contributed by atoms with Crippen LogP contribution < -0.4 is 5.32 Å². The standard InChI is InChI=1S/C17H20FN3O3/c1-3-8-21-10-13(11(2)20-21)17(24)19-15(9-16(22)23)12-6-4-5-7-14(12)18/h4-7,10,15H,3,8-9H2,1-2H3,(H,19,24)(H,22,23)/t15-/m0/s1. The highest BCUT2D eigenvalue weighted by molar-refractivity contribution is 5.95. The minimum atomic E-state index is -1.12. The number of nitrogens with one attached hydrogen (secondary N) is 1. The van der Waals surface area contributed by atoms with Gasteiger partial charge in [0.1, 0.15) is 5.82 Å². The number of amides is 1. The summed E-state index contributed by atoms with van der Waals surface area (Å²) in [5, 5.41) is 15.9. The van der Waals surface area contributed by atoms with E-state index in [0.717, 1.165) is 6.42 Å². The van der Waals surface area contributed by atoms with Crippen molar-refractivity contribution in [1.29, 1.82) is 0 Å². The lowest BCUT2D eigenvalue weighted by Gasteiger charge is -2.17. The van der Waals surface area contributed by atoms with Gasteiger partial charge in [0.25, 0.3) is 5.91 Å². The van der Waals surface area contributed by atoms with E-state index in [1.807, 2.05) is 6.92 Å². The largest absolute Gasteiger partial charge is 0.481 e. The van der Waals surface area contributed by atoms with Crippen LogP contribution in [-0.2, 0) is 11.3 Å². The summed E-state index contributed by atoms with van der Waals surface area (Å²) >= 11 is 0. The van der Waals surface area contributed by atoms with Crippen LogP contribution in [0.4, 0.5) is 4.39 Å². The quantitative estimate of drug-likeness (QED) is 0.816. The molecule has 1 aromatic heterocycles. The molecule has 2 aromatic rings. The molecule has 0 fully saturated rings. The summed E-state index contributed by atoms with van der Waals surface area (Å²) in [5.74, 6) is -2.14.